The maximum Gasteiger partial charge on any atom is 1.00 e. The summed E-state index contributed by atoms with van der Waals surface area (Å²) < 4.78 is 0. The van der Waals surface area contributed by atoms with Gasteiger partial charge in [-0.3, -0.25) is 0 Å². The van der Waals surface area contributed by atoms with E-state index >= 15 is 0 Å². The van der Waals surface area contributed by atoms with Gasteiger partial charge in [0.2, 0.25) is 0 Å². The summed E-state index contributed by atoms with van der Waals surface area (Å²) >= 11 is 0. The molecule has 0 atom stereocenters. The Morgan fingerprint density at radius 1 is 0.636 bits per heavy atom. The van der Waals surface area contributed by atoms with Crippen molar-refractivity contribution in [2.75, 3.05) is 0 Å². The Morgan fingerprint density at radius 2 is 0.909 bits per heavy atom. The molecule has 0 unspecified atom stereocenters. The first-order chi connectivity index (χ1) is 4.97. The minimum atomic E-state index is 0. The SMILES string of the molecule is C1=CC(=C2C=CC=C2)C=C1.[H-].[Li+]. The monoisotopic (exact) mass is 136 g/mol. The largest absolute Gasteiger partial charge is 1.00 e. The van der Waals surface area contributed by atoms with Crippen LogP contribution in [0, 0.1) is 0 Å². The molecule has 0 bridgehead atoms. The Balaban J connectivity index is 0.000000605. The molecule has 0 radical (unpaired) electrons. The molecule has 0 heterocycles. The third-order valence-corrected chi connectivity index (χ3v) is 1.66. The quantitative estimate of drug-likeness (QED) is 0.399. The molecule has 0 aromatic heterocycles. The van der Waals surface area contributed by atoms with Crippen LogP contribution in [0.5, 0.6) is 0 Å². The molecule has 0 saturated heterocycles. The normalized spacial score (nSPS) is 18.2. The van der Waals surface area contributed by atoms with E-state index in [2.05, 4.69) is 48.6 Å². The average molecular weight is 136 g/mol. The first-order valence-corrected chi connectivity index (χ1v) is 3.40. The third-order valence-electron chi connectivity index (χ3n) is 1.66. The van der Waals surface area contributed by atoms with Gasteiger partial charge in [-0.1, -0.05) is 48.6 Å². The molecule has 0 aromatic carbocycles. The summed E-state index contributed by atoms with van der Waals surface area (Å²) in [5, 5.41) is 0. The van der Waals surface area contributed by atoms with Crippen LogP contribution in [0.1, 0.15) is 1.43 Å². The van der Waals surface area contributed by atoms with Gasteiger partial charge >= 0.3 is 18.9 Å². The van der Waals surface area contributed by atoms with Crippen LogP contribution >= 0.6 is 0 Å². The molecule has 0 saturated carbocycles. The van der Waals surface area contributed by atoms with Gasteiger partial charge in [0.25, 0.3) is 0 Å². The molecule has 0 aliphatic heterocycles. The Labute approximate surface area is 80.3 Å². The van der Waals surface area contributed by atoms with Gasteiger partial charge in [0, 0.05) is 0 Å². The fraction of sp³-hybridized carbons (Fsp3) is 0. The smallest absolute Gasteiger partial charge is 1.00 e. The van der Waals surface area contributed by atoms with E-state index in [0.29, 0.717) is 0 Å². The van der Waals surface area contributed by atoms with Crippen LogP contribution in [0.4, 0.5) is 0 Å². The maximum atomic E-state index is 2.12. The van der Waals surface area contributed by atoms with E-state index in [4.69, 9.17) is 0 Å². The van der Waals surface area contributed by atoms with Crippen molar-refractivity contribution >= 4 is 0 Å². The Hall–Kier alpha value is -0.703. The molecule has 11 heavy (non-hydrogen) atoms. The number of hydrogen-bond acceptors (Lipinski definition) is 0. The van der Waals surface area contributed by atoms with Gasteiger partial charge in [0.15, 0.2) is 0 Å². The van der Waals surface area contributed by atoms with Gasteiger partial charge in [-0.2, -0.15) is 0 Å². The summed E-state index contributed by atoms with van der Waals surface area (Å²) in [6.07, 6.45) is 16.7. The van der Waals surface area contributed by atoms with Crippen molar-refractivity contribution < 1.29 is 20.3 Å². The van der Waals surface area contributed by atoms with Crippen LogP contribution in [0.25, 0.3) is 0 Å². The topological polar surface area (TPSA) is 0 Å². The van der Waals surface area contributed by atoms with Crippen LogP contribution < -0.4 is 18.9 Å². The second kappa shape index (κ2) is 3.62. The first kappa shape index (κ1) is 8.39. The summed E-state index contributed by atoms with van der Waals surface area (Å²) in [6, 6.07) is 0. The van der Waals surface area contributed by atoms with Gasteiger partial charge in [-0.05, 0) is 11.1 Å². The summed E-state index contributed by atoms with van der Waals surface area (Å²) in [5.74, 6) is 0. The van der Waals surface area contributed by atoms with E-state index < -0.39 is 0 Å². The van der Waals surface area contributed by atoms with E-state index in [0.717, 1.165) is 0 Å². The first-order valence-electron chi connectivity index (χ1n) is 3.40. The second-order valence-electron chi connectivity index (χ2n) is 2.35. The van der Waals surface area contributed by atoms with Gasteiger partial charge in [-0.15, -0.1) is 0 Å². The van der Waals surface area contributed by atoms with E-state index in [1.807, 2.05) is 0 Å². The summed E-state index contributed by atoms with van der Waals surface area (Å²) in [6.45, 7) is 0. The van der Waals surface area contributed by atoms with Crippen molar-refractivity contribution in [3.8, 4) is 0 Å². The van der Waals surface area contributed by atoms with Gasteiger partial charge in [0.1, 0.15) is 0 Å². The van der Waals surface area contributed by atoms with Crippen molar-refractivity contribution in [2.24, 2.45) is 0 Å². The van der Waals surface area contributed by atoms with Crippen molar-refractivity contribution in [1.82, 2.24) is 0 Å². The minimum Gasteiger partial charge on any atom is -1.00 e. The maximum absolute atomic E-state index is 2.12. The molecule has 0 fully saturated rings. The number of allylic oxidation sites excluding steroid dienone is 10. The molecule has 2 rings (SSSR count). The Bertz CT molecular complexity index is 235. The van der Waals surface area contributed by atoms with Gasteiger partial charge in [-0.25, -0.2) is 0 Å². The second-order valence-corrected chi connectivity index (χ2v) is 2.35. The zero-order valence-corrected chi connectivity index (χ0v) is 6.62. The molecule has 1 heteroatoms. The Kier molecular flexibility index (Phi) is 2.76. The predicted molar refractivity (Wildman–Crippen MR) is 44.7 cm³/mol. The fourth-order valence-corrected chi connectivity index (χ4v) is 1.13. The molecule has 0 aromatic rings. The average Bonchev–Trinajstić information content (AvgIpc) is 2.59. The molecular weight excluding hydrogens is 127 g/mol. The fourth-order valence-electron chi connectivity index (χ4n) is 1.13. The van der Waals surface area contributed by atoms with Crippen molar-refractivity contribution in [1.29, 1.82) is 0 Å². The van der Waals surface area contributed by atoms with E-state index in [9.17, 15) is 0 Å². The van der Waals surface area contributed by atoms with Crippen LogP contribution in [0.2, 0.25) is 0 Å². The van der Waals surface area contributed by atoms with Gasteiger partial charge < -0.3 is 1.43 Å². The number of rotatable bonds is 0. The van der Waals surface area contributed by atoms with Gasteiger partial charge in [0.05, 0.1) is 0 Å². The molecular formula is C10H9Li. The zero-order valence-electron chi connectivity index (χ0n) is 7.62. The van der Waals surface area contributed by atoms with Crippen molar-refractivity contribution in [2.45, 2.75) is 0 Å². The summed E-state index contributed by atoms with van der Waals surface area (Å²) in [4.78, 5) is 0. The molecule has 0 spiro atoms. The molecule has 2 aliphatic carbocycles. The third kappa shape index (κ3) is 1.65. The van der Waals surface area contributed by atoms with Crippen LogP contribution in [-0.4, -0.2) is 0 Å². The predicted octanol–water partition coefficient (Wildman–Crippen LogP) is -0.349. The molecule has 2 aliphatic rings. The van der Waals surface area contributed by atoms with Crippen LogP contribution in [0.3, 0.4) is 0 Å². The summed E-state index contributed by atoms with van der Waals surface area (Å²) in [7, 11) is 0. The van der Waals surface area contributed by atoms with Crippen molar-refractivity contribution in [3.63, 3.8) is 0 Å². The number of hydrogen-bond donors (Lipinski definition) is 0. The van der Waals surface area contributed by atoms with Crippen LogP contribution in [0.15, 0.2) is 59.8 Å². The Morgan fingerprint density at radius 3 is 1.18 bits per heavy atom. The molecule has 0 nitrogen and oxygen atoms in total. The minimum absolute atomic E-state index is 0. The summed E-state index contributed by atoms with van der Waals surface area (Å²) in [5.41, 5.74) is 2.62. The molecule has 0 N–H and O–H groups in total. The van der Waals surface area contributed by atoms with E-state index in [1.165, 1.54) is 11.1 Å². The van der Waals surface area contributed by atoms with E-state index in [-0.39, 0.29) is 20.3 Å². The molecule has 50 valence electrons. The zero-order chi connectivity index (χ0) is 6.81. The van der Waals surface area contributed by atoms with Crippen molar-refractivity contribution in [3.05, 3.63) is 59.8 Å². The van der Waals surface area contributed by atoms with E-state index in [1.54, 1.807) is 0 Å². The molecule has 0 amide bonds. The van der Waals surface area contributed by atoms with Crippen LogP contribution in [-0.2, 0) is 0 Å². The standard InChI is InChI=1S/C10H8.Li.H/c1-2-6-9(5-1)10-7-3-4-8-10;;/h1-8H;;/q;+1;-1.